The highest BCUT2D eigenvalue weighted by Gasteiger charge is 2.24. The van der Waals surface area contributed by atoms with Crippen molar-refractivity contribution in [2.75, 3.05) is 40.0 Å². The van der Waals surface area contributed by atoms with Gasteiger partial charge in [-0.3, -0.25) is 9.69 Å². The second kappa shape index (κ2) is 12.5. The molecule has 1 saturated heterocycles. The summed E-state index contributed by atoms with van der Waals surface area (Å²) in [5.74, 6) is 0.584. The third-order valence-corrected chi connectivity index (χ3v) is 5.60. The Morgan fingerprint density at radius 2 is 1.78 bits per heavy atom. The van der Waals surface area contributed by atoms with Crippen LogP contribution in [-0.2, 0) is 16.0 Å². The lowest BCUT2D eigenvalue weighted by Gasteiger charge is -2.35. The fraction of sp³-hybridized carbons (Fsp3) is 0.609. The van der Waals surface area contributed by atoms with Crippen LogP contribution in [-0.4, -0.2) is 72.0 Å². The molecule has 1 N–H and O–H groups in total. The van der Waals surface area contributed by atoms with E-state index in [0.29, 0.717) is 26.3 Å². The van der Waals surface area contributed by atoms with E-state index in [1.165, 1.54) is 19.3 Å². The molecule has 1 aliphatic rings. The van der Waals surface area contributed by atoms with Gasteiger partial charge >= 0.3 is 0 Å². The number of nitrogens with one attached hydrogen (secondary N) is 1. The molecule has 1 fully saturated rings. The average Bonchev–Trinajstić information content (AvgIpc) is 3.29. The summed E-state index contributed by atoms with van der Waals surface area (Å²) in [5.41, 5.74) is 1.44. The monoisotopic (exact) mass is 445 g/mol. The maximum Gasteiger partial charge on any atom is 0.273 e. The van der Waals surface area contributed by atoms with Crippen LogP contribution >= 0.6 is 0 Å². The van der Waals surface area contributed by atoms with Crippen molar-refractivity contribution in [3.63, 3.8) is 0 Å². The predicted octanol–water partition coefficient (Wildman–Crippen LogP) is 2.64. The van der Waals surface area contributed by atoms with Gasteiger partial charge in [0.25, 0.3) is 5.91 Å². The Morgan fingerprint density at radius 3 is 2.41 bits per heavy atom. The van der Waals surface area contributed by atoms with Gasteiger partial charge in [-0.1, -0.05) is 23.8 Å². The van der Waals surface area contributed by atoms with Crippen LogP contribution in [0.2, 0.25) is 0 Å². The van der Waals surface area contributed by atoms with Crippen LogP contribution in [0.25, 0.3) is 0 Å². The van der Waals surface area contributed by atoms with Gasteiger partial charge in [-0.2, -0.15) is 0 Å². The summed E-state index contributed by atoms with van der Waals surface area (Å²) in [6, 6.07) is 8.17. The third kappa shape index (κ3) is 6.75. The summed E-state index contributed by atoms with van der Waals surface area (Å²) in [6.07, 6.45) is 4.82. The topological polar surface area (TPSA) is 90.7 Å². The first kappa shape index (κ1) is 24.2. The molecule has 32 heavy (non-hydrogen) atoms. The molecule has 9 heteroatoms. The van der Waals surface area contributed by atoms with Crippen molar-refractivity contribution in [2.24, 2.45) is 0 Å². The highest BCUT2D eigenvalue weighted by atomic mass is 16.7. The van der Waals surface area contributed by atoms with Crippen LogP contribution in [0, 0.1) is 0 Å². The number of piperidine rings is 1. The van der Waals surface area contributed by atoms with Crippen molar-refractivity contribution in [1.82, 2.24) is 25.2 Å². The molecule has 3 rings (SSSR count). The van der Waals surface area contributed by atoms with Gasteiger partial charge in [0.05, 0.1) is 25.9 Å². The fourth-order valence-electron chi connectivity index (χ4n) is 3.96. The predicted molar refractivity (Wildman–Crippen MR) is 121 cm³/mol. The quantitative estimate of drug-likeness (QED) is 0.502. The van der Waals surface area contributed by atoms with E-state index in [-0.39, 0.29) is 17.6 Å². The summed E-state index contributed by atoms with van der Waals surface area (Å²) in [4.78, 5) is 15.2. The van der Waals surface area contributed by atoms with Crippen molar-refractivity contribution < 1.29 is 19.0 Å². The van der Waals surface area contributed by atoms with E-state index in [4.69, 9.17) is 14.2 Å². The van der Waals surface area contributed by atoms with Gasteiger partial charge in [0.2, 0.25) is 0 Å². The van der Waals surface area contributed by atoms with Gasteiger partial charge in [0.1, 0.15) is 5.75 Å². The zero-order chi connectivity index (χ0) is 22.8. The molecule has 0 aliphatic carbocycles. The van der Waals surface area contributed by atoms with Gasteiger partial charge in [-0.25, -0.2) is 4.68 Å². The maximum absolute atomic E-state index is 12.8. The van der Waals surface area contributed by atoms with Crippen LogP contribution in [0.5, 0.6) is 5.75 Å². The highest BCUT2D eigenvalue weighted by molar-refractivity contribution is 5.91. The highest BCUT2D eigenvalue weighted by Crippen LogP contribution is 2.26. The Hall–Kier alpha value is -2.49. The maximum atomic E-state index is 12.8. The van der Waals surface area contributed by atoms with E-state index in [1.54, 1.807) is 18.0 Å². The van der Waals surface area contributed by atoms with Crippen LogP contribution in [0.1, 0.15) is 55.2 Å². The van der Waals surface area contributed by atoms with Crippen LogP contribution in [0.4, 0.5) is 0 Å². The SMILES string of the molecule is CCOC(Cn1cc(C(=O)NCC(c2ccc(OC)cc2)N2CCCCC2)nn1)OCC. The summed E-state index contributed by atoms with van der Waals surface area (Å²) >= 11 is 0. The Bertz CT molecular complexity index is 814. The number of amides is 1. The zero-order valence-electron chi connectivity index (χ0n) is 19.3. The number of carbonyl (C=O) groups is 1. The molecule has 1 amide bonds. The normalized spacial score (nSPS) is 15.6. The average molecular weight is 446 g/mol. The molecule has 2 heterocycles. The number of hydrogen-bond acceptors (Lipinski definition) is 7. The number of ether oxygens (including phenoxy) is 3. The Kier molecular flexibility index (Phi) is 9.45. The van der Waals surface area contributed by atoms with Crippen molar-refractivity contribution >= 4 is 5.91 Å². The molecule has 1 aromatic heterocycles. The first-order chi connectivity index (χ1) is 15.6. The number of benzene rings is 1. The largest absolute Gasteiger partial charge is 0.497 e. The van der Waals surface area contributed by atoms with Crippen LogP contribution in [0.15, 0.2) is 30.5 Å². The van der Waals surface area contributed by atoms with Gasteiger partial charge in [-0.15, -0.1) is 5.10 Å². The number of rotatable bonds is 12. The minimum absolute atomic E-state index is 0.0977. The minimum Gasteiger partial charge on any atom is -0.497 e. The molecule has 0 bridgehead atoms. The third-order valence-electron chi connectivity index (χ3n) is 5.60. The molecular weight excluding hydrogens is 410 g/mol. The summed E-state index contributed by atoms with van der Waals surface area (Å²) in [6.45, 7) is 7.83. The van der Waals surface area contributed by atoms with Gasteiger partial charge in [-0.05, 0) is 57.5 Å². The van der Waals surface area contributed by atoms with Gasteiger partial charge < -0.3 is 19.5 Å². The number of nitrogens with zero attached hydrogens (tertiary/aromatic N) is 4. The lowest BCUT2D eigenvalue weighted by atomic mass is 10.0. The molecule has 1 atom stereocenters. The van der Waals surface area contributed by atoms with Crippen molar-refractivity contribution in [3.05, 3.63) is 41.7 Å². The fourth-order valence-corrected chi connectivity index (χ4v) is 3.96. The molecule has 1 aliphatic heterocycles. The van der Waals surface area contributed by atoms with E-state index in [9.17, 15) is 4.79 Å². The number of methoxy groups -OCH3 is 1. The molecule has 1 unspecified atom stereocenters. The first-order valence-corrected chi connectivity index (χ1v) is 11.4. The number of likely N-dealkylation sites (tertiary alicyclic amines) is 1. The summed E-state index contributed by atoms with van der Waals surface area (Å²) in [7, 11) is 1.66. The van der Waals surface area contributed by atoms with E-state index in [2.05, 4.69) is 32.7 Å². The van der Waals surface area contributed by atoms with Crippen molar-refractivity contribution in [1.29, 1.82) is 0 Å². The van der Waals surface area contributed by atoms with Gasteiger partial charge in [0.15, 0.2) is 12.0 Å². The number of hydrogen-bond donors (Lipinski definition) is 1. The van der Waals surface area contributed by atoms with Gasteiger partial charge in [0, 0.05) is 19.8 Å². The molecule has 0 saturated carbocycles. The summed E-state index contributed by atoms with van der Waals surface area (Å²) in [5, 5.41) is 11.1. The van der Waals surface area contributed by atoms with Crippen LogP contribution < -0.4 is 10.1 Å². The van der Waals surface area contributed by atoms with E-state index >= 15 is 0 Å². The van der Waals surface area contributed by atoms with Crippen molar-refractivity contribution in [2.45, 2.75) is 52.0 Å². The molecule has 176 valence electrons. The second-order valence-electron chi connectivity index (χ2n) is 7.76. The molecule has 1 aromatic carbocycles. The second-order valence-corrected chi connectivity index (χ2v) is 7.76. The molecular formula is C23H35N5O4. The standard InChI is InChI=1S/C23H35N5O4/c1-4-31-22(32-5-2)17-28-16-20(25-26-28)23(29)24-15-21(27-13-7-6-8-14-27)18-9-11-19(30-3)12-10-18/h9-12,16,21-22H,4-8,13-15,17H2,1-3H3,(H,24,29). The Morgan fingerprint density at radius 1 is 1.09 bits per heavy atom. The molecule has 2 aromatic rings. The molecule has 0 spiro atoms. The first-order valence-electron chi connectivity index (χ1n) is 11.4. The Labute approximate surface area is 190 Å². The number of carbonyl (C=O) groups excluding carboxylic acids is 1. The smallest absolute Gasteiger partial charge is 0.273 e. The Balaban J connectivity index is 1.63. The lowest BCUT2D eigenvalue weighted by molar-refractivity contribution is -0.145. The minimum atomic E-state index is -0.416. The molecule has 0 radical (unpaired) electrons. The van der Waals surface area contributed by atoms with E-state index in [0.717, 1.165) is 24.4 Å². The number of aromatic nitrogens is 3. The van der Waals surface area contributed by atoms with E-state index in [1.807, 2.05) is 26.0 Å². The van der Waals surface area contributed by atoms with Crippen LogP contribution in [0.3, 0.4) is 0 Å². The zero-order valence-corrected chi connectivity index (χ0v) is 19.3. The lowest BCUT2D eigenvalue weighted by Crippen LogP contribution is -2.40. The molecule has 9 nitrogen and oxygen atoms in total. The summed E-state index contributed by atoms with van der Waals surface area (Å²) < 4.78 is 18.0. The van der Waals surface area contributed by atoms with Crippen molar-refractivity contribution in [3.8, 4) is 5.75 Å². The van der Waals surface area contributed by atoms with E-state index < -0.39 is 6.29 Å².